The van der Waals surface area contributed by atoms with E-state index in [1.165, 1.54) is 37.7 Å². The Labute approximate surface area is 126 Å². The molecule has 116 valence electrons. The van der Waals surface area contributed by atoms with Crippen molar-refractivity contribution >= 4 is 5.97 Å². The van der Waals surface area contributed by atoms with Crippen LogP contribution in [0.4, 0.5) is 0 Å². The number of aliphatic carboxylic acids is 1. The predicted octanol–water partition coefficient (Wildman–Crippen LogP) is 3.09. The van der Waals surface area contributed by atoms with Crippen molar-refractivity contribution in [3.8, 4) is 5.75 Å². The molecule has 21 heavy (non-hydrogen) atoms. The Kier molecular flexibility index (Phi) is 4.88. The Hall–Kier alpha value is -1.55. The van der Waals surface area contributed by atoms with E-state index in [0.717, 1.165) is 11.3 Å². The third-order valence-electron chi connectivity index (χ3n) is 4.40. The Morgan fingerprint density at radius 2 is 2.05 bits per heavy atom. The molecule has 1 aromatic rings. The number of hydrogen-bond donors (Lipinski definition) is 2. The average Bonchev–Trinajstić information content (AvgIpc) is 2.47. The fourth-order valence-electron chi connectivity index (χ4n) is 3.13. The molecule has 0 heterocycles. The SMILES string of the molecule is COc1ccc(C[C@](C)(N)C(=O)O)cc1C1CCCCC1. The third kappa shape index (κ3) is 3.76. The van der Waals surface area contributed by atoms with Gasteiger partial charge in [0.2, 0.25) is 0 Å². The number of methoxy groups -OCH3 is 1. The number of carboxylic acid groups (broad SMARTS) is 1. The molecule has 1 aromatic carbocycles. The molecule has 0 saturated heterocycles. The van der Waals surface area contributed by atoms with E-state index in [-0.39, 0.29) is 0 Å². The first-order valence-corrected chi connectivity index (χ1v) is 7.63. The van der Waals surface area contributed by atoms with Crippen molar-refractivity contribution in [2.45, 2.75) is 56.9 Å². The standard InChI is InChI=1S/C17H25NO3/c1-17(18,16(19)20)11-12-8-9-15(21-2)14(10-12)13-6-4-3-5-7-13/h8-10,13H,3-7,11,18H2,1-2H3,(H,19,20)/t17-/m0/s1. The van der Waals surface area contributed by atoms with Gasteiger partial charge >= 0.3 is 5.97 Å². The van der Waals surface area contributed by atoms with Gasteiger partial charge in [-0.1, -0.05) is 31.4 Å². The monoisotopic (exact) mass is 291 g/mol. The van der Waals surface area contributed by atoms with E-state index in [1.807, 2.05) is 12.1 Å². The van der Waals surface area contributed by atoms with E-state index in [4.69, 9.17) is 10.5 Å². The lowest BCUT2D eigenvalue weighted by Gasteiger charge is -2.25. The number of benzene rings is 1. The second-order valence-electron chi connectivity index (χ2n) is 6.31. The number of nitrogens with two attached hydrogens (primary N) is 1. The van der Waals surface area contributed by atoms with E-state index in [0.29, 0.717) is 12.3 Å². The summed E-state index contributed by atoms with van der Waals surface area (Å²) in [6.45, 7) is 1.56. The number of ether oxygens (including phenoxy) is 1. The normalized spacial score (nSPS) is 19.0. The molecule has 1 fully saturated rings. The van der Waals surface area contributed by atoms with Crippen LogP contribution in [-0.4, -0.2) is 23.7 Å². The van der Waals surface area contributed by atoms with Gasteiger partial charge in [-0.15, -0.1) is 0 Å². The Balaban J connectivity index is 2.26. The molecule has 0 aromatic heterocycles. The lowest BCUT2D eigenvalue weighted by atomic mass is 9.82. The molecular weight excluding hydrogens is 266 g/mol. The maximum atomic E-state index is 11.2. The van der Waals surface area contributed by atoms with Crippen LogP contribution in [0.1, 0.15) is 56.1 Å². The molecule has 1 aliphatic rings. The first kappa shape index (κ1) is 15.8. The van der Waals surface area contributed by atoms with Crippen LogP contribution in [-0.2, 0) is 11.2 Å². The van der Waals surface area contributed by atoms with Gasteiger partial charge in [0.1, 0.15) is 11.3 Å². The van der Waals surface area contributed by atoms with E-state index in [2.05, 4.69) is 6.07 Å². The first-order valence-electron chi connectivity index (χ1n) is 7.63. The Morgan fingerprint density at radius 1 is 1.38 bits per heavy atom. The van der Waals surface area contributed by atoms with Crippen LogP contribution in [0.2, 0.25) is 0 Å². The first-order chi connectivity index (χ1) is 9.94. The maximum absolute atomic E-state index is 11.2. The van der Waals surface area contributed by atoms with E-state index in [1.54, 1.807) is 14.0 Å². The number of carbonyl (C=O) groups is 1. The lowest BCUT2D eigenvalue weighted by Crippen LogP contribution is -2.46. The van der Waals surface area contributed by atoms with Gasteiger partial charge in [-0.3, -0.25) is 4.79 Å². The molecule has 0 bridgehead atoms. The summed E-state index contributed by atoms with van der Waals surface area (Å²) < 4.78 is 5.48. The van der Waals surface area contributed by atoms with Crippen molar-refractivity contribution in [1.29, 1.82) is 0 Å². The minimum Gasteiger partial charge on any atom is -0.496 e. The van der Waals surface area contributed by atoms with E-state index in [9.17, 15) is 9.90 Å². The van der Waals surface area contributed by atoms with Crippen LogP contribution in [0, 0.1) is 0 Å². The summed E-state index contributed by atoms with van der Waals surface area (Å²) in [4.78, 5) is 11.2. The second kappa shape index (κ2) is 6.48. The highest BCUT2D eigenvalue weighted by Crippen LogP contribution is 2.38. The largest absolute Gasteiger partial charge is 0.496 e. The fraction of sp³-hybridized carbons (Fsp3) is 0.588. The summed E-state index contributed by atoms with van der Waals surface area (Å²) in [6.07, 6.45) is 6.49. The van der Waals surface area contributed by atoms with Crippen molar-refractivity contribution in [2.75, 3.05) is 7.11 Å². The van der Waals surface area contributed by atoms with Gasteiger partial charge in [0.15, 0.2) is 0 Å². The van der Waals surface area contributed by atoms with Gasteiger partial charge in [0.25, 0.3) is 0 Å². The zero-order valence-corrected chi connectivity index (χ0v) is 12.9. The van der Waals surface area contributed by atoms with E-state index >= 15 is 0 Å². The lowest BCUT2D eigenvalue weighted by molar-refractivity contribution is -0.142. The number of carboxylic acids is 1. The summed E-state index contributed by atoms with van der Waals surface area (Å²) in [5, 5.41) is 9.17. The van der Waals surface area contributed by atoms with E-state index < -0.39 is 11.5 Å². The summed E-state index contributed by atoms with van der Waals surface area (Å²) in [5.41, 5.74) is 6.79. The molecule has 0 amide bonds. The molecule has 0 unspecified atom stereocenters. The van der Waals surface area contributed by atoms with Gasteiger partial charge in [-0.2, -0.15) is 0 Å². The quantitative estimate of drug-likeness (QED) is 0.874. The van der Waals surface area contributed by atoms with Crippen LogP contribution >= 0.6 is 0 Å². The zero-order chi connectivity index (χ0) is 15.5. The molecule has 1 saturated carbocycles. The zero-order valence-electron chi connectivity index (χ0n) is 12.9. The van der Waals surface area contributed by atoms with Crippen LogP contribution < -0.4 is 10.5 Å². The highest BCUT2D eigenvalue weighted by atomic mass is 16.5. The van der Waals surface area contributed by atoms with Crippen LogP contribution in [0.15, 0.2) is 18.2 Å². The number of hydrogen-bond acceptors (Lipinski definition) is 3. The molecule has 0 aliphatic heterocycles. The van der Waals surface area contributed by atoms with Crippen molar-refractivity contribution in [3.05, 3.63) is 29.3 Å². The van der Waals surface area contributed by atoms with Crippen molar-refractivity contribution in [3.63, 3.8) is 0 Å². The Morgan fingerprint density at radius 3 is 2.62 bits per heavy atom. The minimum absolute atomic E-state index is 0.325. The fourth-order valence-corrected chi connectivity index (χ4v) is 3.13. The summed E-state index contributed by atoms with van der Waals surface area (Å²) in [7, 11) is 1.69. The highest BCUT2D eigenvalue weighted by molar-refractivity contribution is 5.78. The number of rotatable bonds is 5. The molecule has 4 nitrogen and oxygen atoms in total. The summed E-state index contributed by atoms with van der Waals surface area (Å²) >= 11 is 0. The molecular formula is C17H25NO3. The topological polar surface area (TPSA) is 72.5 Å². The summed E-state index contributed by atoms with van der Waals surface area (Å²) in [5.74, 6) is 0.444. The van der Waals surface area contributed by atoms with Crippen molar-refractivity contribution in [1.82, 2.24) is 0 Å². The smallest absolute Gasteiger partial charge is 0.323 e. The molecule has 1 atom stereocenters. The minimum atomic E-state index is -1.24. The van der Waals surface area contributed by atoms with Crippen molar-refractivity contribution < 1.29 is 14.6 Å². The van der Waals surface area contributed by atoms with Gasteiger partial charge in [-0.25, -0.2) is 0 Å². The van der Waals surface area contributed by atoms with Crippen LogP contribution in [0.5, 0.6) is 5.75 Å². The molecule has 3 N–H and O–H groups in total. The van der Waals surface area contributed by atoms with Gasteiger partial charge < -0.3 is 15.6 Å². The van der Waals surface area contributed by atoms with Gasteiger partial charge in [0, 0.05) is 6.42 Å². The van der Waals surface area contributed by atoms with Crippen LogP contribution in [0.3, 0.4) is 0 Å². The summed E-state index contributed by atoms with van der Waals surface area (Å²) in [6, 6.07) is 5.94. The van der Waals surface area contributed by atoms with Gasteiger partial charge in [0.05, 0.1) is 7.11 Å². The molecule has 0 spiro atoms. The third-order valence-corrected chi connectivity index (χ3v) is 4.40. The highest BCUT2D eigenvalue weighted by Gasteiger charge is 2.29. The predicted molar refractivity (Wildman–Crippen MR) is 82.8 cm³/mol. The van der Waals surface area contributed by atoms with Crippen molar-refractivity contribution in [2.24, 2.45) is 5.73 Å². The molecule has 2 rings (SSSR count). The Bertz CT molecular complexity index is 505. The van der Waals surface area contributed by atoms with Gasteiger partial charge in [-0.05, 0) is 42.9 Å². The molecule has 0 radical (unpaired) electrons. The second-order valence-corrected chi connectivity index (χ2v) is 6.31. The van der Waals surface area contributed by atoms with Crippen LogP contribution in [0.25, 0.3) is 0 Å². The maximum Gasteiger partial charge on any atom is 0.323 e. The molecule has 1 aliphatic carbocycles. The average molecular weight is 291 g/mol. The molecule has 4 heteroatoms.